The Labute approximate surface area is 158 Å². The topological polar surface area (TPSA) is 116 Å². The van der Waals surface area contributed by atoms with E-state index in [1.54, 1.807) is 24.3 Å². The number of aromatic amines is 1. The Bertz CT molecular complexity index is 1160. The van der Waals surface area contributed by atoms with Gasteiger partial charge in [0.1, 0.15) is 5.75 Å². The van der Waals surface area contributed by atoms with Crippen LogP contribution in [-0.2, 0) is 13.0 Å². The van der Waals surface area contributed by atoms with Crippen LogP contribution in [0.2, 0.25) is 0 Å². The van der Waals surface area contributed by atoms with Gasteiger partial charge in [0, 0.05) is 12.0 Å². The molecule has 0 bridgehead atoms. The van der Waals surface area contributed by atoms with Crippen molar-refractivity contribution in [3.63, 3.8) is 0 Å². The second kappa shape index (κ2) is 7.78. The van der Waals surface area contributed by atoms with Crippen LogP contribution < -0.4 is 16.2 Å². The van der Waals surface area contributed by atoms with Crippen molar-refractivity contribution < 1.29 is 13.8 Å². The lowest BCUT2D eigenvalue weighted by atomic mass is 10.2. The summed E-state index contributed by atoms with van der Waals surface area (Å²) in [4.78, 5) is 28.8. The van der Waals surface area contributed by atoms with E-state index in [-0.39, 0.29) is 6.54 Å². The number of H-pyrrole nitrogens is 1. The first-order chi connectivity index (χ1) is 13.7. The SMILES string of the molecule is O=c1[nH]c(=O)n(Cc2ccc(OCCc3noc(-c4ccccc4)n3)cc2)o1. The standard InChI is InChI=1S/C19H16N4O5/c24-18-21-19(25)28-23(18)12-13-6-8-15(9-7-13)26-11-10-16-20-17(27-22-16)14-4-2-1-3-5-14/h1-9H,10-12H2,(H,21,24,25). The van der Waals surface area contributed by atoms with E-state index in [0.29, 0.717) is 30.5 Å². The molecule has 2 heterocycles. The Balaban J connectivity index is 1.31. The molecule has 4 aromatic rings. The van der Waals surface area contributed by atoms with E-state index in [0.717, 1.165) is 15.9 Å². The molecule has 0 fully saturated rings. The van der Waals surface area contributed by atoms with Crippen molar-refractivity contribution in [1.29, 1.82) is 0 Å². The molecule has 2 aromatic heterocycles. The molecule has 0 spiro atoms. The number of nitrogens with zero attached hydrogens (tertiary/aromatic N) is 3. The molecule has 0 amide bonds. The van der Waals surface area contributed by atoms with Gasteiger partial charge in [-0.15, -0.1) is 4.74 Å². The molecule has 142 valence electrons. The number of hydrogen-bond acceptors (Lipinski definition) is 7. The van der Waals surface area contributed by atoms with Gasteiger partial charge in [-0.1, -0.05) is 35.5 Å². The molecule has 0 aliphatic rings. The van der Waals surface area contributed by atoms with Gasteiger partial charge in [0.25, 0.3) is 5.89 Å². The second-order valence-electron chi connectivity index (χ2n) is 5.97. The lowest BCUT2D eigenvalue weighted by Crippen LogP contribution is -2.17. The third-order valence-corrected chi connectivity index (χ3v) is 3.96. The van der Waals surface area contributed by atoms with Crippen LogP contribution in [-0.4, -0.2) is 26.5 Å². The monoisotopic (exact) mass is 380 g/mol. The van der Waals surface area contributed by atoms with E-state index >= 15 is 0 Å². The smallest absolute Gasteiger partial charge is 0.440 e. The highest BCUT2D eigenvalue weighted by atomic mass is 16.5. The predicted octanol–water partition coefficient (Wildman–Crippen LogP) is 1.85. The highest BCUT2D eigenvalue weighted by Gasteiger charge is 2.08. The minimum Gasteiger partial charge on any atom is -0.493 e. The van der Waals surface area contributed by atoms with Gasteiger partial charge in [-0.2, -0.15) is 4.98 Å². The number of nitrogens with one attached hydrogen (secondary N) is 1. The Morgan fingerprint density at radius 3 is 2.54 bits per heavy atom. The van der Waals surface area contributed by atoms with Crippen LogP contribution in [0, 0.1) is 0 Å². The zero-order valence-corrected chi connectivity index (χ0v) is 14.7. The summed E-state index contributed by atoms with van der Waals surface area (Å²) in [7, 11) is 0. The van der Waals surface area contributed by atoms with Crippen molar-refractivity contribution in [1.82, 2.24) is 19.9 Å². The maximum Gasteiger partial charge on any atom is 0.440 e. The second-order valence-corrected chi connectivity index (χ2v) is 5.97. The lowest BCUT2D eigenvalue weighted by Gasteiger charge is -2.05. The summed E-state index contributed by atoms with van der Waals surface area (Å²) < 4.78 is 16.6. The van der Waals surface area contributed by atoms with Crippen LogP contribution in [0.4, 0.5) is 0 Å². The van der Waals surface area contributed by atoms with Crippen LogP contribution in [0.3, 0.4) is 0 Å². The molecular formula is C19H16N4O5. The molecule has 28 heavy (non-hydrogen) atoms. The van der Waals surface area contributed by atoms with Gasteiger partial charge in [0.2, 0.25) is 0 Å². The fourth-order valence-electron chi connectivity index (χ4n) is 2.59. The number of ether oxygens (including phenoxy) is 1. The number of rotatable bonds is 7. The van der Waals surface area contributed by atoms with Crippen LogP contribution in [0.5, 0.6) is 5.75 Å². The van der Waals surface area contributed by atoms with E-state index in [1.165, 1.54) is 0 Å². The quantitative estimate of drug-likeness (QED) is 0.520. The van der Waals surface area contributed by atoms with Gasteiger partial charge in [0.05, 0.1) is 13.2 Å². The lowest BCUT2D eigenvalue weighted by molar-refractivity contribution is 0.258. The zero-order valence-electron chi connectivity index (χ0n) is 14.7. The molecule has 4 rings (SSSR count). The Kier molecular flexibility index (Phi) is 4.87. The van der Waals surface area contributed by atoms with Gasteiger partial charge in [0.15, 0.2) is 5.82 Å². The minimum atomic E-state index is -0.776. The summed E-state index contributed by atoms with van der Waals surface area (Å²) in [6, 6.07) is 16.7. The van der Waals surface area contributed by atoms with Gasteiger partial charge in [-0.25, -0.2) is 14.6 Å². The van der Waals surface area contributed by atoms with Gasteiger partial charge < -0.3 is 13.8 Å². The van der Waals surface area contributed by atoms with Crippen molar-refractivity contribution in [2.24, 2.45) is 0 Å². The Morgan fingerprint density at radius 2 is 1.82 bits per heavy atom. The zero-order chi connectivity index (χ0) is 19.3. The molecule has 0 atom stereocenters. The summed E-state index contributed by atoms with van der Waals surface area (Å²) >= 11 is 0. The molecule has 0 unspecified atom stereocenters. The molecule has 0 aliphatic heterocycles. The molecular weight excluding hydrogens is 364 g/mol. The highest BCUT2D eigenvalue weighted by Crippen LogP contribution is 2.17. The van der Waals surface area contributed by atoms with Crippen molar-refractivity contribution >= 4 is 0 Å². The van der Waals surface area contributed by atoms with Crippen molar-refractivity contribution in [2.75, 3.05) is 6.61 Å². The van der Waals surface area contributed by atoms with E-state index in [4.69, 9.17) is 13.8 Å². The average molecular weight is 380 g/mol. The third-order valence-electron chi connectivity index (χ3n) is 3.96. The average Bonchev–Trinajstić information content (AvgIpc) is 3.30. The number of aromatic nitrogens is 4. The molecule has 1 N–H and O–H groups in total. The first-order valence-corrected chi connectivity index (χ1v) is 8.57. The van der Waals surface area contributed by atoms with Gasteiger partial charge >= 0.3 is 11.4 Å². The largest absolute Gasteiger partial charge is 0.493 e. The summed E-state index contributed by atoms with van der Waals surface area (Å²) in [6.45, 7) is 0.544. The molecule has 0 saturated heterocycles. The Hall–Kier alpha value is -3.88. The summed E-state index contributed by atoms with van der Waals surface area (Å²) in [5.41, 5.74) is 1.08. The molecule has 2 aromatic carbocycles. The summed E-state index contributed by atoms with van der Waals surface area (Å²) in [5, 5.41) is 3.96. The van der Waals surface area contributed by atoms with E-state index < -0.39 is 11.4 Å². The van der Waals surface area contributed by atoms with E-state index in [1.807, 2.05) is 35.3 Å². The van der Waals surface area contributed by atoms with Crippen LogP contribution >= 0.6 is 0 Å². The van der Waals surface area contributed by atoms with Crippen LogP contribution in [0.1, 0.15) is 11.4 Å². The highest BCUT2D eigenvalue weighted by molar-refractivity contribution is 5.51. The normalized spacial score (nSPS) is 10.9. The molecule has 0 aliphatic carbocycles. The molecule has 0 saturated carbocycles. The first-order valence-electron chi connectivity index (χ1n) is 8.57. The van der Waals surface area contributed by atoms with Crippen molar-refractivity contribution in [2.45, 2.75) is 13.0 Å². The Morgan fingerprint density at radius 1 is 1.04 bits per heavy atom. The fraction of sp³-hybridized carbons (Fsp3) is 0.158. The minimum absolute atomic E-state index is 0.156. The summed E-state index contributed by atoms with van der Waals surface area (Å²) in [5.74, 6) is 0.934. The molecule has 0 radical (unpaired) electrons. The summed E-state index contributed by atoms with van der Waals surface area (Å²) in [6.07, 6.45) is 0.502. The van der Waals surface area contributed by atoms with E-state index in [9.17, 15) is 9.59 Å². The maximum absolute atomic E-state index is 11.4. The third kappa shape index (κ3) is 4.09. The van der Waals surface area contributed by atoms with Crippen molar-refractivity contribution in [3.05, 3.63) is 87.0 Å². The number of hydrogen-bond donors (Lipinski definition) is 1. The molecule has 9 nitrogen and oxygen atoms in total. The van der Waals surface area contributed by atoms with Gasteiger partial charge in [-0.3, -0.25) is 0 Å². The van der Waals surface area contributed by atoms with E-state index in [2.05, 4.69) is 10.1 Å². The predicted molar refractivity (Wildman–Crippen MR) is 98.1 cm³/mol. The van der Waals surface area contributed by atoms with Crippen molar-refractivity contribution in [3.8, 4) is 17.2 Å². The number of benzene rings is 2. The van der Waals surface area contributed by atoms with Gasteiger partial charge in [-0.05, 0) is 29.8 Å². The first kappa shape index (κ1) is 17.5. The van der Waals surface area contributed by atoms with Crippen LogP contribution in [0.15, 0.2) is 73.2 Å². The molecule has 9 heteroatoms. The maximum atomic E-state index is 11.4. The fourth-order valence-corrected chi connectivity index (χ4v) is 2.59. The van der Waals surface area contributed by atoms with Crippen LogP contribution in [0.25, 0.3) is 11.5 Å².